The zero-order valence-electron chi connectivity index (χ0n) is 12.3. The number of anilines is 1. The minimum atomic E-state index is -3.94. The Morgan fingerprint density at radius 2 is 1.86 bits per heavy atom. The number of hydrogen-bond donors (Lipinski definition) is 3. The maximum absolute atomic E-state index is 12.0. The van der Waals surface area contributed by atoms with E-state index in [0.717, 1.165) is 18.9 Å². The quantitative estimate of drug-likeness (QED) is 0.523. The number of benzene rings is 1. The van der Waals surface area contributed by atoms with Gasteiger partial charge in [0.2, 0.25) is 5.91 Å². The van der Waals surface area contributed by atoms with E-state index in [1.807, 2.05) is 11.6 Å². The average molecular weight is 325 g/mol. The predicted molar refractivity (Wildman–Crippen MR) is 83.9 cm³/mol. The van der Waals surface area contributed by atoms with E-state index in [0.29, 0.717) is 12.2 Å². The molecule has 1 rings (SSSR count). The summed E-state index contributed by atoms with van der Waals surface area (Å²) < 4.78 is 25.9. The standard InChI is InChI=1S/C14H19N3O4S/c1-3-5-10-15-14(19)17-22(20,21)12-8-6-11(7-9-12)16-13(18)4-2/h4,6-9H,2-3,5,10H2,1H3,(H,16,18)(H2,15,17,19). The van der Waals surface area contributed by atoms with Crippen LogP contribution >= 0.6 is 0 Å². The minimum absolute atomic E-state index is 0.0743. The lowest BCUT2D eigenvalue weighted by Crippen LogP contribution is -2.39. The molecule has 0 radical (unpaired) electrons. The first-order valence-corrected chi connectivity index (χ1v) is 8.21. The second-order valence-corrected chi connectivity index (χ2v) is 6.12. The number of carbonyl (C=O) groups excluding carboxylic acids is 2. The molecule has 0 spiro atoms. The topological polar surface area (TPSA) is 104 Å². The molecule has 0 fully saturated rings. The fourth-order valence-electron chi connectivity index (χ4n) is 1.51. The number of nitrogens with one attached hydrogen (secondary N) is 3. The Hall–Kier alpha value is -2.35. The van der Waals surface area contributed by atoms with Crippen molar-refractivity contribution in [2.24, 2.45) is 0 Å². The van der Waals surface area contributed by atoms with Gasteiger partial charge in [0.15, 0.2) is 0 Å². The van der Waals surface area contributed by atoms with Crippen LogP contribution in [-0.4, -0.2) is 26.9 Å². The van der Waals surface area contributed by atoms with E-state index in [1.54, 1.807) is 0 Å². The number of sulfonamides is 1. The SMILES string of the molecule is C=CC(=O)Nc1ccc(S(=O)(=O)NC(=O)NCCCC)cc1. The van der Waals surface area contributed by atoms with Crippen molar-refractivity contribution < 1.29 is 18.0 Å². The maximum atomic E-state index is 12.0. The van der Waals surface area contributed by atoms with Crippen LogP contribution in [0.4, 0.5) is 10.5 Å². The Balaban J connectivity index is 2.70. The molecule has 22 heavy (non-hydrogen) atoms. The largest absolute Gasteiger partial charge is 0.337 e. The molecule has 0 aliphatic carbocycles. The van der Waals surface area contributed by atoms with Crippen LogP contribution in [0.15, 0.2) is 41.8 Å². The number of hydrogen-bond acceptors (Lipinski definition) is 4. The van der Waals surface area contributed by atoms with Gasteiger partial charge in [-0.25, -0.2) is 17.9 Å². The van der Waals surface area contributed by atoms with Crippen LogP contribution in [0.5, 0.6) is 0 Å². The van der Waals surface area contributed by atoms with Gasteiger partial charge in [-0.2, -0.15) is 0 Å². The van der Waals surface area contributed by atoms with Crippen molar-refractivity contribution in [3.63, 3.8) is 0 Å². The molecule has 1 aromatic carbocycles. The molecule has 0 aliphatic rings. The van der Waals surface area contributed by atoms with Gasteiger partial charge in [-0.3, -0.25) is 4.79 Å². The van der Waals surface area contributed by atoms with Crippen molar-refractivity contribution in [1.29, 1.82) is 0 Å². The first-order valence-electron chi connectivity index (χ1n) is 6.73. The molecule has 0 atom stereocenters. The zero-order chi connectivity index (χ0) is 16.6. The lowest BCUT2D eigenvalue weighted by atomic mass is 10.3. The summed E-state index contributed by atoms with van der Waals surface area (Å²) in [5.41, 5.74) is 0.427. The molecule has 0 bridgehead atoms. The molecule has 0 saturated carbocycles. The third-order valence-corrected chi connectivity index (χ3v) is 4.01. The van der Waals surface area contributed by atoms with Crippen LogP contribution in [0.1, 0.15) is 19.8 Å². The third-order valence-electron chi connectivity index (χ3n) is 2.66. The van der Waals surface area contributed by atoms with Crippen molar-refractivity contribution in [3.8, 4) is 0 Å². The Labute approximate surface area is 129 Å². The molecular formula is C14H19N3O4S. The summed E-state index contributed by atoms with van der Waals surface area (Å²) >= 11 is 0. The Kier molecular flexibility index (Phi) is 6.58. The van der Waals surface area contributed by atoms with E-state index in [4.69, 9.17) is 0 Å². The van der Waals surface area contributed by atoms with Crippen molar-refractivity contribution in [1.82, 2.24) is 10.0 Å². The number of carbonyl (C=O) groups is 2. The van der Waals surface area contributed by atoms with Crippen molar-refractivity contribution >= 4 is 27.6 Å². The fraction of sp³-hybridized carbons (Fsp3) is 0.286. The van der Waals surface area contributed by atoms with Crippen molar-refractivity contribution in [2.75, 3.05) is 11.9 Å². The van der Waals surface area contributed by atoms with Gasteiger partial charge in [-0.05, 0) is 36.8 Å². The smallest absolute Gasteiger partial charge is 0.328 e. The fourth-order valence-corrected chi connectivity index (χ4v) is 2.43. The van der Waals surface area contributed by atoms with E-state index in [2.05, 4.69) is 17.2 Å². The Morgan fingerprint density at radius 1 is 1.23 bits per heavy atom. The molecular weight excluding hydrogens is 306 g/mol. The average Bonchev–Trinajstić information content (AvgIpc) is 2.47. The monoisotopic (exact) mass is 325 g/mol. The van der Waals surface area contributed by atoms with Crippen LogP contribution in [0.2, 0.25) is 0 Å². The maximum Gasteiger partial charge on any atom is 0.328 e. The first kappa shape index (κ1) is 17.7. The van der Waals surface area contributed by atoms with Crippen molar-refractivity contribution in [2.45, 2.75) is 24.7 Å². The number of urea groups is 1. The van der Waals surface area contributed by atoms with Crippen molar-refractivity contribution in [3.05, 3.63) is 36.9 Å². The van der Waals surface area contributed by atoms with Crippen LogP contribution in [0.3, 0.4) is 0 Å². The van der Waals surface area contributed by atoms with Gasteiger partial charge in [0.25, 0.3) is 10.0 Å². The molecule has 120 valence electrons. The third kappa shape index (κ3) is 5.57. The van der Waals surface area contributed by atoms with Gasteiger partial charge in [0, 0.05) is 12.2 Å². The van der Waals surface area contributed by atoms with E-state index >= 15 is 0 Å². The summed E-state index contributed by atoms with van der Waals surface area (Å²) in [6.45, 7) is 5.68. The number of rotatable bonds is 7. The molecule has 0 saturated heterocycles. The predicted octanol–water partition coefficient (Wildman–Crippen LogP) is 1.60. The van der Waals surface area contributed by atoms with E-state index < -0.39 is 22.0 Å². The molecule has 8 heteroatoms. The van der Waals surface area contributed by atoms with E-state index in [1.165, 1.54) is 24.3 Å². The van der Waals surface area contributed by atoms with Gasteiger partial charge in [0.1, 0.15) is 0 Å². The van der Waals surface area contributed by atoms with Crippen LogP contribution < -0.4 is 15.4 Å². The van der Waals surface area contributed by atoms with Gasteiger partial charge >= 0.3 is 6.03 Å². The van der Waals surface area contributed by atoms with Crippen LogP contribution in [-0.2, 0) is 14.8 Å². The van der Waals surface area contributed by atoms with Gasteiger partial charge in [-0.15, -0.1) is 0 Å². The summed E-state index contributed by atoms with van der Waals surface area (Å²) in [4.78, 5) is 22.5. The normalized spacial score (nSPS) is 10.6. The summed E-state index contributed by atoms with van der Waals surface area (Å²) in [6.07, 6.45) is 2.77. The minimum Gasteiger partial charge on any atom is -0.337 e. The van der Waals surface area contributed by atoms with E-state index in [-0.39, 0.29) is 4.90 Å². The molecule has 0 aliphatic heterocycles. The molecule has 1 aromatic rings. The molecule has 7 nitrogen and oxygen atoms in total. The summed E-state index contributed by atoms with van der Waals surface area (Å²) in [7, 11) is -3.94. The first-order chi connectivity index (χ1) is 10.4. The highest BCUT2D eigenvalue weighted by Crippen LogP contribution is 2.13. The highest BCUT2D eigenvalue weighted by molar-refractivity contribution is 7.90. The highest BCUT2D eigenvalue weighted by Gasteiger charge is 2.17. The number of amides is 3. The lowest BCUT2D eigenvalue weighted by Gasteiger charge is -2.09. The van der Waals surface area contributed by atoms with Crippen LogP contribution in [0.25, 0.3) is 0 Å². The second-order valence-electron chi connectivity index (χ2n) is 4.43. The summed E-state index contributed by atoms with van der Waals surface area (Å²) in [5.74, 6) is -0.399. The molecule has 3 N–H and O–H groups in total. The molecule has 3 amide bonds. The second kappa shape index (κ2) is 8.18. The zero-order valence-corrected chi connectivity index (χ0v) is 13.1. The number of unbranched alkanes of at least 4 members (excludes halogenated alkanes) is 1. The van der Waals surface area contributed by atoms with Gasteiger partial charge < -0.3 is 10.6 Å². The van der Waals surface area contributed by atoms with Gasteiger partial charge in [0.05, 0.1) is 4.90 Å². The molecule has 0 heterocycles. The van der Waals surface area contributed by atoms with E-state index in [9.17, 15) is 18.0 Å². The lowest BCUT2D eigenvalue weighted by molar-refractivity contribution is -0.111. The summed E-state index contributed by atoms with van der Waals surface area (Å²) in [5, 5.41) is 4.95. The molecule has 0 unspecified atom stereocenters. The Bertz CT molecular complexity index is 639. The van der Waals surface area contributed by atoms with Crippen LogP contribution in [0, 0.1) is 0 Å². The molecule has 0 aromatic heterocycles. The van der Waals surface area contributed by atoms with Gasteiger partial charge in [-0.1, -0.05) is 19.9 Å². The Morgan fingerprint density at radius 3 is 2.41 bits per heavy atom. The highest BCUT2D eigenvalue weighted by atomic mass is 32.2. The summed E-state index contributed by atoms with van der Waals surface area (Å²) in [6, 6.07) is 4.66.